The van der Waals surface area contributed by atoms with E-state index >= 15 is 0 Å². The van der Waals surface area contributed by atoms with Crippen LogP contribution in [0.4, 0.5) is 0 Å². The van der Waals surface area contributed by atoms with Gasteiger partial charge in [0.15, 0.2) is 0 Å². The van der Waals surface area contributed by atoms with E-state index in [0.29, 0.717) is 11.1 Å². The number of aliphatic hydroxyl groups excluding tert-OH is 2. The Bertz CT molecular complexity index is 522. The Morgan fingerprint density at radius 2 is 1.95 bits per heavy atom. The van der Waals surface area contributed by atoms with Crippen molar-refractivity contribution in [3.63, 3.8) is 0 Å². The highest BCUT2D eigenvalue weighted by atomic mass is 16.3. The van der Waals surface area contributed by atoms with Crippen LogP contribution in [-0.2, 0) is 0 Å². The Morgan fingerprint density at radius 1 is 1.25 bits per heavy atom. The Hall–Kier alpha value is -1.83. The van der Waals surface area contributed by atoms with Gasteiger partial charge < -0.3 is 15.5 Å². The highest BCUT2D eigenvalue weighted by Gasteiger charge is 2.21. The minimum absolute atomic E-state index is 0.116. The molecular weight excluding hydrogens is 254 g/mol. The van der Waals surface area contributed by atoms with E-state index in [4.69, 9.17) is 5.11 Å². The first-order chi connectivity index (χ1) is 9.70. The Kier molecular flexibility index (Phi) is 5.16. The number of aliphatic hydroxyl groups is 2. The molecule has 0 radical (unpaired) electrons. The zero-order chi connectivity index (χ0) is 14.4. The minimum Gasteiger partial charge on any atom is -0.393 e. The molecule has 0 aromatic heterocycles. The SMILES string of the molecule is O=C(NC1CCC(O)CC1)c1ccccc1C#CCO. The number of carbonyl (C=O) groups is 1. The second kappa shape index (κ2) is 7.09. The zero-order valence-corrected chi connectivity index (χ0v) is 11.3. The predicted molar refractivity (Wildman–Crippen MR) is 76.1 cm³/mol. The molecule has 1 aromatic carbocycles. The maximum Gasteiger partial charge on any atom is 0.252 e. The standard InChI is InChI=1S/C16H19NO3/c18-11-3-5-12-4-1-2-6-15(12)16(20)17-13-7-9-14(19)10-8-13/h1-2,4,6,13-14,18-19H,7-11H2,(H,17,20). The zero-order valence-electron chi connectivity index (χ0n) is 11.3. The number of amides is 1. The molecule has 0 aliphatic heterocycles. The number of carbonyl (C=O) groups excluding carboxylic acids is 1. The van der Waals surface area contributed by atoms with E-state index in [0.717, 1.165) is 25.7 Å². The summed E-state index contributed by atoms with van der Waals surface area (Å²) in [6, 6.07) is 7.22. The highest BCUT2D eigenvalue weighted by Crippen LogP contribution is 2.19. The molecule has 20 heavy (non-hydrogen) atoms. The van der Waals surface area contributed by atoms with E-state index in [1.807, 2.05) is 6.07 Å². The molecule has 1 fully saturated rings. The summed E-state index contributed by atoms with van der Waals surface area (Å²) in [4.78, 5) is 12.3. The normalized spacial score (nSPS) is 21.7. The lowest BCUT2D eigenvalue weighted by Crippen LogP contribution is -2.38. The highest BCUT2D eigenvalue weighted by molar-refractivity contribution is 5.96. The van der Waals surface area contributed by atoms with Gasteiger partial charge in [0, 0.05) is 11.6 Å². The molecule has 0 bridgehead atoms. The molecule has 106 valence electrons. The molecule has 1 aliphatic rings. The summed E-state index contributed by atoms with van der Waals surface area (Å²) < 4.78 is 0. The minimum atomic E-state index is -0.231. The fourth-order valence-electron chi connectivity index (χ4n) is 2.41. The summed E-state index contributed by atoms with van der Waals surface area (Å²) in [7, 11) is 0. The van der Waals surface area contributed by atoms with Crippen LogP contribution in [0.15, 0.2) is 24.3 Å². The molecule has 4 heteroatoms. The van der Waals surface area contributed by atoms with Gasteiger partial charge in [0.05, 0.1) is 11.7 Å². The Balaban J connectivity index is 2.05. The molecule has 3 N–H and O–H groups in total. The Labute approximate surface area is 118 Å². The van der Waals surface area contributed by atoms with Crippen molar-refractivity contribution < 1.29 is 15.0 Å². The fraction of sp³-hybridized carbons (Fsp3) is 0.438. The first kappa shape index (κ1) is 14.6. The average molecular weight is 273 g/mol. The number of benzene rings is 1. The summed E-state index contributed by atoms with van der Waals surface area (Å²) in [5, 5.41) is 21.2. The van der Waals surface area contributed by atoms with Gasteiger partial charge in [0.25, 0.3) is 5.91 Å². The lowest BCUT2D eigenvalue weighted by Gasteiger charge is -2.26. The number of hydrogen-bond donors (Lipinski definition) is 3. The van der Waals surface area contributed by atoms with Crippen molar-refractivity contribution in [3.8, 4) is 11.8 Å². The second-order valence-corrected chi connectivity index (χ2v) is 4.98. The monoisotopic (exact) mass is 273 g/mol. The van der Waals surface area contributed by atoms with Crippen LogP contribution >= 0.6 is 0 Å². The summed E-state index contributed by atoms with van der Waals surface area (Å²) in [5.41, 5.74) is 1.15. The third-order valence-corrected chi connectivity index (χ3v) is 3.51. The van der Waals surface area contributed by atoms with Crippen molar-refractivity contribution in [2.24, 2.45) is 0 Å². The fourth-order valence-corrected chi connectivity index (χ4v) is 2.41. The van der Waals surface area contributed by atoms with Crippen molar-refractivity contribution in [2.45, 2.75) is 37.8 Å². The van der Waals surface area contributed by atoms with Crippen LogP contribution in [0.5, 0.6) is 0 Å². The van der Waals surface area contributed by atoms with Gasteiger partial charge in [-0.15, -0.1) is 0 Å². The van der Waals surface area contributed by atoms with Crippen molar-refractivity contribution in [1.82, 2.24) is 5.32 Å². The molecular formula is C16H19NO3. The van der Waals surface area contributed by atoms with Gasteiger partial charge in [-0.2, -0.15) is 0 Å². The van der Waals surface area contributed by atoms with Crippen LogP contribution < -0.4 is 5.32 Å². The van der Waals surface area contributed by atoms with Crippen LogP contribution in [0.2, 0.25) is 0 Å². The van der Waals surface area contributed by atoms with Crippen molar-refractivity contribution in [1.29, 1.82) is 0 Å². The van der Waals surface area contributed by atoms with Crippen LogP contribution in [-0.4, -0.2) is 34.9 Å². The molecule has 0 heterocycles. The van der Waals surface area contributed by atoms with Crippen molar-refractivity contribution >= 4 is 5.91 Å². The first-order valence-corrected chi connectivity index (χ1v) is 6.88. The van der Waals surface area contributed by atoms with Crippen LogP contribution in [0.25, 0.3) is 0 Å². The third kappa shape index (κ3) is 3.83. The number of nitrogens with one attached hydrogen (secondary N) is 1. The second-order valence-electron chi connectivity index (χ2n) is 4.98. The lowest BCUT2D eigenvalue weighted by atomic mass is 9.93. The molecule has 0 atom stereocenters. The average Bonchev–Trinajstić information content (AvgIpc) is 2.47. The summed E-state index contributed by atoms with van der Waals surface area (Å²) in [6.45, 7) is -0.226. The Morgan fingerprint density at radius 3 is 2.65 bits per heavy atom. The molecule has 1 saturated carbocycles. The van der Waals surface area contributed by atoms with Gasteiger partial charge in [-0.1, -0.05) is 24.0 Å². The van der Waals surface area contributed by atoms with E-state index in [2.05, 4.69) is 17.2 Å². The summed E-state index contributed by atoms with van der Waals surface area (Å²) in [5.74, 6) is 5.20. The molecule has 1 aromatic rings. The van der Waals surface area contributed by atoms with E-state index in [1.54, 1.807) is 18.2 Å². The lowest BCUT2D eigenvalue weighted by molar-refractivity contribution is 0.0867. The van der Waals surface area contributed by atoms with Gasteiger partial charge >= 0.3 is 0 Å². The maximum atomic E-state index is 12.3. The molecule has 4 nitrogen and oxygen atoms in total. The molecule has 0 saturated heterocycles. The van der Waals surface area contributed by atoms with E-state index < -0.39 is 0 Å². The number of rotatable bonds is 2. The van der Waals surface area contributed by atoms with Gasteiger partial charge in [-0.3, -0.25) is 4.79 Å². The van der Waals surface area contributed by atoms with E-state index in [9.17, 15) is 9.90 Å². The molecule has 2 rings (SSSR count). The largest absolute Gasteiger partial charge is 0.393 e. The number of hydrogen-bond acceptors (Lipinski definition) is 3. The molecule has 1 aliphatic carbocycles. The summed E-state index contributed by atoms with van der Waals surface area (Å²) >= 11 is 0. The van der Waals surface area contributed by atoms with Gasteiger partial charge in [0.2, 0.25) is 0 Å². The molecule has 0 spiro atoms. The van der Waals surface area contributed by atoms with Crippen LogP contribution in [0.3, 0.4) is 0 Å². The molecule has 1 amide bonds. The summed E-state index contributed by atoms with van der Waals surface area (Å²) in [6.07, 6.45) is 2.84. The van der Waals surface area contributed by atoms with Crippen molar-refractivity contribution in [2.75, 3.05) is 6.61 Å². The smallest absolute Gasteiger partial charge is 0.252 e. The van der Waals surface area contributed by atoms with E-state index in [1.165, 1.54) is 0 Å². The third-order valence-electron chi connectivity index (χ3n) is 3.51. The first-order valence-electron chi connectivity index (χ1n) is 6.88. The van der Waals surface area contributed by atoms with Gasteiger partial charge in [0.1, 0.15) is 6.61 Å². The van der Waals surface area contributed by atoms with Crippen LogP contribution in [0, 0.1) is 11.8 Å². The topological polar surface area (TPSA) is 69.6 Å². The molecule has 0 unspecified atom stereocenters. The van der Waals surface area contributed by atoms with Gasteiger partial charge in [-0.05, 0) is 37.8 Å². The van der Waals surface area contributed by atoms with Gasteiger partial charge in [-0.25, -0.2) is 0 Å². The van der Waals surface area contributed by atoms with Crippen molar-refractivity contribution in [3.05, 3.63) is 35.4 Å². The van der Waals surface area contributed by atoms with Crippen LogP contribution in [0.1, 0.15) is 41.6 Å². The van der Waals surface area contributed by atoms with E-state index in [-0.39, 0.29) is 24.7 Å². The quantitative estimate of drug-likeness (QED) is 0.706. The maximum absolute atomic E-state index is 12.3. The predicted octanol–water partition coefficient (Wildman–Crippen LogP) is 1.06.